The number of carboxylic acids is 1. The van der Waals surface area contributed by atoms with E-state index in [-0.39, 0.29) is 23.2 Å². The lowest BCUT2D eigenvalue weighted by molar-refractivity contribution is -0.122. The van der Waals surface area contributed by atoms with Gasteiger partial charge in [0.05, 0.1) is 5.56 Å². The molecular formula is C13H17N3O3. The highest BCUT2D eigenvalue weighted by Crippen LogP contribution is 2.24. The average Bonchev–Trinajstić information content (AvgIpc) is 2.36. The van der Waals surface area contributed by atoms with Crippen LogP contribution < -0.4 is 16.4 Å². The topological polar surface area (TPSA) is 104 Å². The first-order chi connectivity index (χ1) is 8.97. The van der Waals surface area contributed by atoms with Gasteiger partial charge in [-0.25, -0.2) is 4.79 Å². The smallest absolute Gasteiger partial charge is 0.337 e. The van der Waals surface area contributed by atoms with Crippen molar-refractivity contribution in [3.63, 3.8) is 0 Å². The zero-order chi connectivity index (χ0) is 14.0. The van der Waals surface area contributed by atoms with Crippen LogP contribution in [0.4, 0.5) is 11.4 Å². The number of amides is 1. The van der Waals surface area contributed by atoms with E-state index < -0.39 is 5.97 Å². The number of nitrogens with one attached hydrogen (secondary N) is 2. The number of aromatic carboxylic acids is 1. The predicted octanol–water partition coefficient (Wildman–Crippen LogP) is 0.966. The molecule has 0 saturated carbocycles. The fourth-order valence-corrected chi connectivity index (χ4v) is 2.15. The van der Waals surface area contributed by atoms with Gasteiger partial charge in [-0.3, -0.25) is 4.79 Å². The van der Waals surface area contributed by atoms with Crippen LogP contribution in [0.25, 0.3) is 0 Å². The van der Waals surface area contributed by atoms with Crippen molar-refractivity contribution in [2.45, 2.75) is 25.8 Å². The lowest BCUT2D eigenvalue weighted by Crippen LogP contribution is -2.41. The van der Waals surface area contributed by atoms with E-state index in [2.05, 4.69) is 10.6 Å². The molecule has 0 aliphatic carbocycles. The standard InChI is InChI=1S/C13H17N3O3/c1-7-4-9(5-10(12(7)14)13(18)19)16-8-2-3-11(17)15-6-8/h4-5,8,16H,2-3,6,14H2,1H3,(H,15,17)(H,18,19). The number of hydrogen-bond acceptors (Lipinski definition) is 4. The number of aryl methyl sites for hydroxylation is 1. The fourth-order valence-electron chi connectivity index (χ4n) is 2.15. The first kappa shape index (κ1) is 13.2. The second-order valence-corrected chi connectivity index (χ2v) is 4.74. The van der Waals surface area contributed by atoms with E-state index in [0.29, 0.717) is 18.7 Å². The molecule has 1 aromatic rings. The summed E-state index contributed by atoms with van der Waals surface area (Å²) in [6.45, 7) is 2.32. The molecule has 1 aliphatic rings. The molecule has 1 unspecified atom stereocenters. The molecule has 1 fully saturated rings. The number of rotatable bonds is 3. The summed E-state index contributed by atoms with van der Waals surface area (Å²) in [7, 11) is 0. The van der Waals surface area contributed by atoms with E-state index in [4.69, 9.17) is 10.8 Å². The van der Waals surface area contributed by atoms with Crippen LogP contribution >= 0.6 is 0 Å². The SMILES string of the molecule is Cc1cc(NC2CCC(=O)NC2)cc(C(=O)O)c1N. The molecule has 102 valence electrons. The van der Waals surface area contributed by atoms with Crippen molar-refractivity contribution >= 4 is 23.3 Å². The second-order valence-electron chi connectivity index (χ2n) is 4.74. The van der Waals surface area contributed by atoms with Gasteiger partial charge < -0.3 is 21.5 Å². The monoisotopic (exact) mass is 263 g/mol. The summed E-state index contributed by atoms with van der Waals surface area (Å²) in [5.74, 6) is -0.987. The summed E-state index contributed by atoms with van der Waals surface area (Å²) in [5, 5.41) is 15.1. The lowest BCUT2D eigenvalue weighted by atomic mass is 10.0. The van der Waals surface area contributed by atoms with Crippen LogP contribution in [0.15, 0.2) is 12.1 Å². The quantitative estimate of drug-likeness (QED) is 0.608. The molecule has 1 amide bonds. The molecule has 1 aliphatic heterocycles. The summed E-state index contributed by atoms with van der Waals surface area (Å²) < 4.78 is 0. The molecule has 1 aromatic carbocycles. The normalized spacial score (nSPS) is 18.8. The summed E-state index contributed by atoms with van der Waals surface area (Å²) in [6, 6.07) is 3.46. The van der Waals surface area contributed by atoms with E-state index in [0.717, 1.165) is 12.0 Å². The molecule has 6 heteroatoms. The maximum atomic E-state index is 11.1. The van der Waals surface area contributed by atoms with Gasteiger partial charge in [-0.05, 0) is 31.0 Å². The van der Waals surface area contributed by atoms with Gasteiger partial charge in [-0.1, -0.05) is 0 Å². The van der Waals surface area contributed by atoms with Crippen molar-refractivity contribution in [3.05, 3.63) is 23.3 Å². The number of hydrogen-bond donors (Lipinski definition) is 4. The Morgan fingerprint density at radius 3 is 2.84 bits per heavy atom. The Morgan fingerprint density at radius 2 is 2.26 bits per heavy atom. The molecule has 5 N–H and O–H groups in total. The van der Waals surface area contributed by atoms with E-state index in [9.17, 15) is 9.59 Å². The van der Waals surface area contributed by atoms with Crippen LogP contribution in [0.1, 0.15) is 28.8 Å². The number of carbonyl (C=O) groups excluding carboxylic acids is 1. The van der Waals surface area contributed by atoms with Crippen LogP contribution in [-0.2, 0) is 4.79 Å². The van der Waals surface area contributed by atoms with Crippen LogP contribution in [0.3, 0.4) is 0 Å². The molecule has 6 nitrogen and oxygen atoms in total. The highest BCUT2D eigenvalue weighted by molar-refractivity contribution is 5.95. The van der Waals surface area contributed by atoms with Gasteiger partial charge in [-0.2, -0.15) is 0 Å². The Morgan fingerprint density at radius 1 is 1.53 bits per heavy atom. The van der Waals surface area contributed by atoms with E-state index in [1.807, 2.05) is 6.07 Å². The van der Waals surface area contributed by atoms with Crippen molar-refractivity contribution in [1.29, 1.82) is 0 Å². The Labute approximate surface area is 111 Å². The Kier molecular flexibility index (Phi) is 3.59. The van der Waals surface area contributed by atoms with E-state index in [1.54, 1.807) is 6.92 Å². The number of carboxylic acid groups (broad SMARTS) is 1. The van der Waals surface area contributed by atoms with Crippen molar-refractivity contribution in [1.82, 2.24) is 5.32 Å². The molecule has 2 rings (SSSR count). The highest BCUT2D eigenvalue weighted by Gasteiger charge is 2.19. The third-order valence-electron chi connectivity index (χ3n) is 3.25. The van der Waals surface area contributed by atoms with Crippen molar-refractivity contribution < 1.29 is 14.7 Å². The zero-order valence-corrected chi connectivity index (χ0v) is 10.7. The summed E-state index contributed by atoms with van der Waals surface area (Å²) in [4.78, 5) is 22.2. The Balaban J connectivity index is 2.16. The lowest BCUT2D eigenvalue weighted by Gasteiger charge is -2.25. The number of nitrogens with two attached hydrogens (primary N) is 1. The highest BCUT2D eigenvalue weighted by atomic mass is 16.4. The van der Waals surface area contributed by atoms with Gasteiger partial charge >= 0.3 is 5.97 Å². The van der Waals surface area contributed by atoms with Crippen LogP contribution in [-0.4, -0.2) is 29.6 Å². The van der Waals surface area contributed by atoms with Gasteiger partial charge in [0.15, 0.2) is 0 Å². The number of piperidine rings is 1. The molecule has 0 radical (unpaired) electrons. The molecule has 19 heavy (non-hydrogen) atoms. The predicted molar refractivity (Wildman–Crippen MR) is 72.2 cm³/mol. The first-order valence-corrected chi connectivity index (χ1v) is 6.14. The fraction of sp³-hybridized carbons (Fsp3) is 0.385. The molecule has 1 atom stereocenters. The first-order valence-electron chi connectivity index (χ1n) is 6.14. The van der Waals surface area contributed by atoms with Crippen molar-refractivity contribution in [2.75, 3.05) is 17.6 Å². The minimum absolute atomic E-state index is 0.0535. The number of nitrogen functional groups attached to an aromatic ring is 1. The van der Waals surface area contributed by atoms with E-state index in [1.165, 1.54) is 6.07 Å². The molecule has 0 bridgehead atoms. The number of carbonyl (C=O) groups is 2. The number of benzene rings is 1. The van der Waals surface area contributed by atoms with Gasteiger partial charge in [-0.15, -0.1) is 0 Å². The maximum absolute atomic E-state index is 11.1. The van der Waals surface area contributed by atoms with Gasteiger partial charge in [0, 0.05) is 30.4 Å². The molecule has 1 heterocycles. The third-order valence-corrected chi connectivity index (χ3v) is 3.25. The maximum Gasteiger partial charge on any atom is 0.337 e. The minimum atomic E-state index is -1.04. The average molecular weight is 263 g/mol. The Bertz CT molecular complexity index is 518. The summed E-state index contributed by atoms with van der Waals surface area (Å²) in [5.41, 5.74) is 7.56. The van der Waals surface area contributed by atoms with Gasteiger partial charge in [0.1, 0.15) is 0 Å². The van der Waals surface area contributed by atoms with E-state index >= 15 is 0 Å². The van der Waals surface area contributed by atoms with Crippen LogP contribution in [0.2, 0.25) is 0 Å². The van der Waals surface area contributed by atoms with Gasteiger partial charge in [0.2, 0.25) is 5.91 Å². The molecular weight excluding hydrogens is 246 g/mol. The zero-order valence-electron chi connectivity index (χ0n) is 10.7. The summed E-state index contributed by atoms with van der Waals surface area (Å²) >= 11 is 0. The molecule has 1 saturated heterocycles. The van der Waals surface area contributed by atoms with Crippen LogP contribution in [0.5, 0.6) is 0 Å². The van der Waals surface area contributed by atoms with Crippen LogP contribution in [0, 0.1) is 6.92 Å². The van der Waals surface area contributed by atoms with Gasteiger partial charge in [0.25, 0.3) is 0 Å². The minimum Gasteiger partial charge on any atom is -0.478 e. The largest absolute Gasteiger partial charge is 0.478 e. The van der Waals surface area contributed by atoms with Crippen molar-refractivity contribution in [2.24, 2.45) is 0 Å². The Hall–Kier alpha value is -2.24. The molecule has 0 spiro atoms. The number of anilines is 2. The molecule has 0 aromatic heterocycles. The second kappa shape index (κ2) is 5.17. The summed E-state index contributed by atoms with van der Waals surface area (Å²) in [6.07, 6.45) is 1.22. The third kappa shape index (κ3) is 2.96. The van der Waals surface area contributed by atoms with Crippen molar-refractivity contribution in [3.8, 4) is 0 Å².